The molecule has 2 aliphatic rings. The van der Waals surface area contributed by atoms with Gasteiger partial charge in [0.15, 0.2) is 0 Å². The number of ether oxygens (including phenoxy) is 1. The van der Waals surface area contributed by atoms with E-state index in [2.05, 4.69) is 31.2 Å². The Morgan fingerprint density at radius 3 is 2.86 bits per heavy atom. The van der Waals surface area contributed by atoms with Gasteiger partial charge in [-0.1, -0.05) is 25.1 Å². The molecule has 2 aromatic carbocycles. The number of hydrogen-bond donors (Lipinski definition) is 0. The fourth-order valence-electron chi connectivity index (χ4n) is 4.85. The van der Waals surface area contributed by atoms with Crippen LogP contribution in [0.5, 0.6) is 5.75 Å². The van der Waals surface area contributed by atoms with Crippen molar-refractivity contribution in [2.75, 3.05) is 7.11 Å². The van der Waals surface area contributed by atoms with Crippen LogP contribution in [0.25, 0.3) is 10.8 Å². The zero-order valence-electron chi connectivity index (χ0n) is 13.3. The van der Waals surface area contributed by atoms with E-state index in [1.54, 1.807) is 7.11 Å². The van der Waals surface area contributed by atoms with Gasteiger partial charge in [0.2, 0.25) is 0 Å². The zero-order valence-corrected chi connectivity index (χ0v) is 13.3. The van der Waals surface area contributed by atoms with Crippen LogP contribution in [0.4, 0.5) is 0 Å². The minimum Gasteiger partial charge on any atom is -0.497 e. The second-order valence-corrected chi connectivity index (χ2v) is 6.74. The van der Waals surface area contributed by atoms with Crippen molar-refractivity contribution in [2.24, 2.45) is 5.41 Å². The fourth-order valence-corrected chi connectivity index (χ4v) is 4.85. The molecule has 0 bridgehead atoms. The van der Waals surface area contributed by atoms with Crippen LogP contribution in [-0.2, 0) is 11.2 Å². The Balaban J connectivity index is 1.90. The van der Waals surface area contributed by atoms with Crippen molar-refractivity contribution in [3.8, 4) is 5.75 Å². The predicted octanol–water partition coefficient (Wildman–Crippen LogP) is 4.64. The van der Waals surface area contributed by atoms with Crippen molar-refractivity contribution in [3.05, 3.63) is 41.5 Å². The summed E-state index contributed by atoms with van der Waals surface area (Å²) in [6.45, 7) is 2.19. The maximum absolute atomic E-state index is 12.5. The van der Waals surface area contributed by atoms with E-state index in [0.717, 1.165) is 37.9 Å². The summed E-state index contributed by atoms with van der Waals surface area (Å²) in [6, 6.07) is 10.8. The lowest BCUT2D eigenvalue weighted by atomic mass is 9.63. The van der Waals surface area contributed by atoms with E-state index in [0.29, 0.717) is 11.7 Å². The Morgan fingerprint density at radius 2 is 2.09 bits per heavy atom. The van der Waals surface area contributed by atoms with Crippen LogP contribution in [0.2, 0.25) is 0 Å². The van der Waals surface area contributed by atoms with Gasteiger partial charge >= 0.3 is 0 Å². The van der Waals surface area contributed by atoms with E-state index < -0.39 is 0 Å². The first kappa shape index (κ1) is 13.8. The number of benzene rings is 2. The van der Waals surface area contributed by atoms with Crippen molar-refractivity contribution in [2.45, 2.75) is 44.9 Å². The highest BCUT2D eigenvalue weighted by atomic mass is 16.5. The Morgan fingerprint density at radius 1 is 1.23 bits per heavy atom. The van der Waals surface area contributed by atoms with Gasteiger partial charge in [0.05, 0.1) is 7.11 Å². The van der Waals surface area contributed by atoms with Gasteiger partial charge in [0, 0.05) is 11.8 Å². The Bertz CT molecular complexity index is 762. The molecular weight excluding hydrogens is 272 g/mol. The van der Waals surface area contributed by atoms with Crippen molar-refractivity contribution < 1.29 is 9.53 Å². The van der Waals surface area contributed by atoms with Gasteiger partial charge in [0.25, 0.3) is 0 Å². The molecule has 0 unspecified atom stereocenters. The number of methoxy groups -OCH3 is 1. The fraction of sp³-hybridized carbons (Fsp3) is 0.450. The van der Waals surface area contributed by atoms with Crippen molar-refractivity contribution in [1.82, 2.24) is 0 Å². The van der Waals surface area contributed by atoms with Crippen molar-refractivity contribution in [1.29, 1.82) is 0 Å². The van der Waals surface area contributed by atoms with Crippen molar-refractivity contribution in [3.63, 3.8) is 0 Å². The summed E-state index contributed by atoms with van der Waals surface area (Å²) in [5, 5.41) is 2.58. The quantitative estimate of drug-likeness (QED) is 0.806. The Hall–Kier alpha value is -1.83. The van der Waals surface area contributed by atoms with Crippen LogP contribution in [0.15, 0.2) is 30.3 Å². The largest absolute Gasteiger partial charge is 0.497 e. The molecule has 1 fully saturated rings. The molecule has 2 heteroatoms. The Labute approximate surface area is 131 Å². The molecule has 4 rings (SSSR count). The SMILES string of the molecule is CC[C@]12CCc3c(ccc4cc(OC)ccc34)[C@H]1CCC2=O. The van der Waals surface area contributed by atoms with Crippen LogP contribution >= 0.6 is 0 Å². The molecule has 0 N–H and O–H groups in total. The van der Waals surface area contributed by atoms with Crippen LogP contribution in [-0.4, -0.2) is 12.9 Å². The highest BCUT2D eigenvalue weighted by Crippen LogP contribution is 2.56. The summed E-state index contributed by atoms with van der Waals surface area (Å²) in [5.74, 6) is 1.84. The number of rotatable bonds is 2. The van der Waals surface area contributed by atoms with Gasteiger partial charge in [0.1, 0.15) is 11.5 Å². The molecule has 0 aromatic heterocycles. The van der Waals surface area contributed by atoms with Crippen LogP contribution in [0, 0.1) is 5.41 Å². The van der Waals surface area contributed by atoms with Gasteiger partial charge in [-0.05, 0) is 65.6 Å². The maximum Gasteiger partial charge on any atom is 0.139 e. The second kappa shape index (κ2) is 4.84. The number of carbonyl (C=O) groups is 1. The highest BCUT2D eigenvalue weighted by molar-refractivity contribution is 5.92. The summed E-state index contributed by atoms with van der Waals surface area (Å²) in [4.78, 5) is 12.5. The molecule has 0 heterocycles. The molecular formula is C20H22O2. The zero-order chi connectivity index (χ0) is 15.3. The molecule has 0 radical (unpaired) electrons. The minimum absolute atomic E-state index is 0.0762. The smallest absolute Gasteiger partial charge is 0.139 e. The monoisotopic (exact) mass is 294 g/mol. The third kappa shape index (κ3) is 1.70. The molecule has 0 amide bonds. The maximum atomic E-state index is 12.5. The van der Waals surface area contributed by atoms with Gasteiger partial charge < -0.3 is 4.74 Å². The normalized spacial score (nSPS) is 26.8. The first-order valence-corrected chi connectivity index (χ1v) is 8.32. The molecule has 2 aromatic rings. The number of hydrogen-bond acceptors (Lipinski definition) is 2. The molecule has 2 atom stereocenters. The summed E-state index contributed by atoms with van der Waals surface area (Å²) >= 11 is 0. The standard InChI is InChI=1S/C20H22O2/c1-3-20-11-10-16-15-7-5-14(22-2)12-13(15)4-6-17(16)18(20)8-9-19(20)21/h4-7,12,18H,3,8-11H2,1-2H3/t18-,20+/m1/s1. The minimum atomic E-state index is -0.0762. The average molecular weight is 294 g/mol. The van der Waals surface area contributed by atoms with Crippen LogP contribution in [0.1, 0.15) is 49.7 Å². The third-order valence-electron chi connectivity index (χ3n) is 6.08. The molecule has 22 heavy (non-hydrogen) atoms. The molecule has 2 aliphatic carbocycles. The lowest BCUT2D eigenvalue weighted by molar-refractivity contribution is -0.127. The number of fused-ring (bicyclic) bond motifs is 5. The summed E-state index contributed by atoms with van der Waals surface area (Å²) < 4.78 is 5.34. The van der Waals surface area contributed by atoms with E-state index in [9.17, 15) is 4.79 Å². The molecule has 2 nitrogen and oxygen atoms in total. The van der Waals surface area contributed by atoms with Crippen LogP contribution in [0.3, 0.4) is 0 Å². The van der Waals surface area contributed by atoms with Crippen molar-refractivity contribution >= 4 is 16.6 Å². The van der Waals surface area contributed by atoms with Gasteiger partial charge in [-0.3, -0.25) is 4.79 Å². The van der Waals surface area contributed by atoms with Crippen LogP contribution < -0.4 is 4.74 Å². The Kier molecular flexibility index (Phi) is 3.04. The molecule has 0 saturated heterocycles. The summed E-state index contributed by atoms with van der Waals surface area (Å²) in [6.07, 6.45) is 4.82. The van der Waals surface area contributed by atoms with Gasteiger partial charge in [-0.2, -0.15) is 0 Å². The van der Waals surface area contributed by atoms with E-state index >= 15 is 0 Å². The van der Waals surface area contributed by atoms with E-state index in [1.807, 2.05) is 6.07 Å². The lowest BCUT2D eigenvalue weighted by Crippen LogP contribution is -2.34. The third-order valence-corrected chi connectivity index (χ3v) is 6.08. The van der Waals surface area contributed by atoms with E-state index in [4.69, 9.17) is 4.74 Å². The average Bonchev–Trinajstić information content (AvgIpc) is 2.91. The topological polar surface area (TPSA) is 26.3 Å². The second-order valence-electron chi connectivity index (χ2n) is 6.74. The summed E-state index contributed by atoms with van der Waals surface area (Å²) in [5.41, 5.74) is 2.81. The number of aryl methyl sites for hydroxylation is 1. The van der Waals surface area contributed by atoms with Gasteiger partial charge in [-0.25, -0.2) is 0 Å². The first-order chi connectivity index (χ1) is 10.7. The molecule has 114 valence electrons. The lowest BCUT2D eigenvalue weighted by Gasteiger charge is -2.39. The highest BCUT2D eigenvalue weighted by Gasteiger charge is 2.51. The summed E-state index contributed by atoms with van der Waals surface area (Å²) in [7, 11) is 1.71. The van der Waals surface area contributed by atoms with E-state index in [1.165, 1.54) is 21.9 Å². The van der Waals surface area contributed by atoms with Gasteiger partial charge in [-0.15, -0.1) is 0 Å². The number of ketones is 1. The predicted molar refractivity (Wildman–Crippen MR) is 88.5 cm³/mol. The number of carbonyl (C=O) groups excluding carboxylic acids is 1. The molecule has 1 saturated carbocycles. The number of Topliss-reactive ketones (excluding diaryl/α,β-unsaturated/α-hetero) is 1. The first-order valence-electron chi connectivity index (χ1n) is 8.32. The van der Waals surface area contributed by atoms with E-state index in [-0.39, 0.29) is 5.41 Å². The molecule has 0 spiro atoms. The molecule has 0 aliphatic heterocycles.